The van der Waals surface area contributed by atoms with E-state index in [-0.39, 0.29) is 22.1 Å². The maximum absolute atomic E-state index is 13.8. The van der Waals surface area contributed by atoms with Gasteiger partial charge < -0.3 is 15.0 Å². The van der Waals surface area contributed by atoms with E-state index in [2.05, 4.69) is 10.2 Å². The number of aryl methyl sites for hydroxylation is 1. The molecule has 1 fully saturated rings. The number of methoxy groups -OCH3 is 1. The average molecular weight is 492 g/mol. The van der Waals surface area contributed by atoms with E-state index in [1.807, 2.05) is 48.5 Å². The minimum atomic E-state index is -3.95. The van der Waals surface area contributed by atoms with Crippen molar-refractivity contribution in [2.45, 2.75) is 30.6 Å². The molecule has 3 aromatic rings. The molecule has 0 atom stereocenters. The van der Waals surface area contributed by atoms with Gasteiger partial charge in [0.15, 0.2) is 0 Å². The third kappa shape index (κ3) is 4.46. The van der Waals surface area contributed by atoms with E-state index < -0.39 is 10.0 Å². The van der Waals surface area contributed by atoms with E-state index >= 15 is 0 Å². The van der Waals surface area contributed by atoms with Crippen LogP contribution in [0.15, 0.2) is 71.6 Å². The lowest BCUT2D eigenvalue weighted by atomic mass is 10.0. The van der Waals surface area contributed by atoms with Gasteiger partial charge in [-0.15, -0.1) is 0 Å². The predicted octanol–water partition coefficient (Wildman–Crippen LogP) is 4.69. The number of ether oxygens (including phenoxy) is 1. The van der Waals surface area contributed by atoms with E-state index in [9.17, 15) is 13.2 Å². The van der Waals surface area contributed by atoms with E-state index in [4.69, 9.17) is 4.74 Å². The monoisotopic (exact) mass is 491 g/mol. The number of hydrogen-bond donors (Lipinski definition) is 1. The molecule has 2 heterocycles. The second kappa shape index (κ2) is 9.62. The first-order chi connectivity index (χ1) is 17.0. The summed E-state index contributed by atoms with van der Waals surface area (Å²) in [6.45, 7) is 2.28. The van der Waals surface area contributed by atoms with Crippen LogP contribution in [0.4, 0.5) is 17.1 Å². The number of para-hydroxylation sites is 3. The van der Waals surface area contributed by atoms with Crippen LogP contribution >= 0.6 is 0 Å². The third-order valence-electron chi connectivity index (χ3n) is 6.66. The molecule has 0 aliphatic carbocycles. The second-order valence-corrected chi connectivity index (χ2v) is 10.7. The number of amides is 1. The largest absolute Gasteiger partial charge is 0.495 e. The molecule has 5 rings (SSSR count). The number of nitrogens with zero attached hydrogens (tertiary/aromatic N) is 2. The molecule has 1 N–H and O–H groups in total. The Morgan fingerprint density at radius 1 is 0.886 bits per heavy atom. The summed E-state index contributed by atoms with van der Waals surface area (Å²) in [6.07, 6.45) is 3.81. The van der Waals surface area contributed by atoms with Crippen molar-refractivity contribution in [3.63, 3.8) is 0 Å². The van der Waals surface area contributed by atoms with Crippen LogP contribution in [0.5, 0.6) is 5.75 Å². The molecule has 0 unspecified atom stereocenters. The molecule has 1 amide bonds. The zero-order valence-corrected chi connectivity index (χ0v) is 20.6. The van der Waals surface area contributed by atoms with Crippen molar-refractivity contribution in [2.24, 2.45) is 0 Å². The van der Waals surface area contributed by atoms with Gasteiger partial charge in [0.05, 0.1) is 24.2 Å². The number of sulfonamides is 1. The van der Waals surface area contributed by atoms with E-state index in [0.29, 0.717) is 17.9 Å². The second-order valence-electron chi connectivity index (χ2n) is 8.84. The molecule has 182 valence electrons. The Bertz CT molecular complexity index is 1350. The number of carbonyl (C=O) groups excluding carboxylic acids is 1. The van der Waals surface area contributed by atoms with Crippen LogP contribution in [-0.4, -0.2) is 41.1 Å². The molecule has 1 saturated heterocycles. The van der Waals surface area contributed by atoms with Gasteiger partial charge in [-0.25, -0.2) is 8.42 Å². The average Bonchev–Trinajstić information content (AvgIpc) is 3.43. The van der Waals surface area contributed by atoms with Crippen molar-refractivity contribution in [3.8, 4) is 5.75 Å². The highest BCUT2D eigenvalue weighted by Gasteiger charge is 2.32. The Hall–Kier alpha value is -3.52. The number of rotatable bonds is 6. The zero-order valence-electron chi connectivity index (χ0n) is 19.7. The molecule has 2 aliphatic heterocycles. The van der Waals surface area contributed by atoms with Crippen molar-refractivity contribution in [1.82, 2.24) is 0 Å². The first kappa shape index (κ1) is 23.2. The third-order valence-corrected chi connectivity index (χ3v) is 8.49. The number of nitrogens with one attached hydrogen (secondary N) is 1. The van der Waals surface area contributed by atoms with Crippen molar-refractivity contribution < 1.29 is 17.9 Å². The molecule has 8 heteroatoms. The number of hydrogen-bond acceptors (Lipinski definition) is 5. The number of carbonyl (C=O) groups is 1. The van der Waals surface area contributed by atoms with Gasteiger partial charge in [0.2, 0.25) is 0 Å². The predicted molar refractivity (Wildman–Crippen MR) is 138 cm³/mol. The topological polar surface area (TPSA) is 79.0 Å². The fourth-order valence-electron chi connectivity index (χ4n) is 4.89. The number of benzene rings is 3. The molecular weight excluding hydrogens is 462 g/mol. The van der Waals surface area contributed by atoms with Crippen molar-refractivity contribution in [2.75, 3.05) is 41.3 Å². The van der Waals surface area contributed by atoms with E-state index in [0.717, 1.165) is 50.0 Å². The quantitative estimate of drug-likeness (QED) is 0.541. The molecule has 0 saturated carbocycles. The van der Waals surface area contributed by atoms with Crippen molar-refractivity contribution in [3.05, 3.63) is 77.9 Å². The molecule has 7 nitrogen and oxygen atoms in total. The van der Waals surface area contributed by atoms with Crippen LogP contribution in [0.1, 0.15) is 35.2 Å². The summed E-state index contributed by atoms with van der Waals surface area (Å²) in [7, 11) is -2.51. The maximum atomic E-state index is 13.8. The number of anilines is 3. The van der Waals surface area contributed by atoms with Gasteiger partial charge in [0.25, 0.3) is 15.9 Å². The Morgan fingerprint density at radius 3 is 2.37 bits per heavy atom. The highest BCUT2D eigenvalue weighted by molar-refractivity contribution is 7.93. The van der Waals surface area contributed by atoms with Crippen LogP contribution < -0.4 is 19.3 Å². The molecule has 3 aromatic carbocycles. The van der Waals surface area contributed by atoms with Gasteiger partial charge in [-0.05, 0) is 67.6 Å². The summed E-state index contributed by atoms with van der Waals surface area (Å²) in [5, 5.41) is 2.99. The molecule has 35 heavy (non-hydrogen) atoms. The van der Waals surface area contributed by atoms with Gasteiger partial charge in [0.1, 0.15) is 10.6 Å². The van der Waals surface area contributed by atoms with Gasteiger partial charge in [-0.3, -0.25) is 9.10 Å². The van der Waals surface area contributed by atoms with Crippen LogP contribution in [0.3, 0.4) is 0 Å². The lowest BCUT2D eigenvalue weighted by Crippen LogP contribution is -2.35. The Labute approximate surface area is 206 Å². The first-order valence-electron chi connectivity index (χ1n) is 11.9. The molecule has 0 radical (unpaired) electrons. The molecule has 0 aromatic heterocycles. The van der Waals surface area contributed by atoms with Crippen molar-refractivity contribution in [1.29, 1.82) is 0 Å². The van der Waals surface area contributed by atoms with Gasteiger partial charge in [-0.1, -0.05) is 30.3 Å². The molecule has 0 spiro atoms. The first-order valence-corrected chi connectivity index (χ1v) is 13.4. The molecule has 2 aliphatic rings. The Morgan fingerprint density at radius 2 is 1.60 bits per heavy atom. The minimum Gasteiger partial charge on any atom is -0.495 e. The Balaban J connectivity index is 1.48. The fraction of sp³-hybridized carbons (Fsp3) is 0.296. The summed E-state index contributed by atoms with van der Waals surface area (Å²) in [5.74, 6) is -0.156. The molecular formula is C27H29N3O4S. The smallest absolute Gasteiger partial charge is 0.268 e. The Kier molecular flexibility index (Phi) is 6.38. The zero-order chi connectivity index (χ0) is 24.4. The maximum Gasteiger partial charge on any atom is 0.268 e. The lowest BCUT2D eigenvalue weighted by molar-refractivity contribution is 0.102. The number of fused-ring (bicyclic) bond motifs is 1. The SMILES string of the molecule is COc1ccc(C(=O)Nc2ccccc2N2CCCC2)cc1S(=O)(=O)N1CCCc2ccccc21. The van der Waals surface area contributed by atoms with Crippen LogP contribution in [0.2, 0.25) is 0 Å². The standard InChI is InChI=1S/C27H29N3O4S/c1-34-25-15-14-21(27(31)28-22-11-3-5-13-24(22)29-16-6-7-17-29)19-26(25)35(32,33)30-18-8-10-20-9-2-4-12-23(20)30/h2-5,9,11-15,19H,6-8,10,16-18H2,1H3,(H,28,31). The van der Waals surface area contributed by atoms with Gasteiger partial charge in [-0.2, -0.15) is 0 Å². The summed E-state index contributed by atoms with van der Waals surface area (Å²) in [5.41, 5.74) is 3.61. The van der Waals surface area contributed by atoms with Crippen LogP contribution in [-0.2, 0) is 16.4 Å². The summed E-state index contributed by atoms with van der Waals surface area (Å²) < 4.78 is 34.4. The summed E-state index contributed by atoms with van der Waals surface area (Å²) in [4.78, 5) is 15.5. The fourth-order valence-corrected chi connectivity index (χ4v) is 6.62. The van der Waals surface area contributed by atoms with Crippen LogP contribution in [0, 0.1) is 0 Å². The van der Waals surface area contributed by atoms with Gasteiger partial charge in [0, 0.05) is 25.2 Å². The minimum absolute atomic E-state index is 0.0165. The van der Waals surface area contributed by atoms with E-state index in [1.165, 1.54) is 17.5 Å². The van der Waals surface area contributed by atoms with Crippen molar-refractivity contribution >= 4 is 33.0 Å². The summed E-state index contributed by atoms with van der Waals surface area (Å²) in [6, 6.07) is 19.8. The highest BCUT2D eigenvalue weighted by Crippen LogP contribution is 2.36. The lowest BCUT2D eigenvalue weighted by Gasteiger charge is -2.31. The van der Waals surface area contributed by atoms with Gasteiger partial charge >= 0.3 is 0 Å². The molecule has 0 bridgehead atoms. The summed E-state index contributed by atoms with van der Waals surface area (Å²) >= 11 is 0. The normalized spacial score (nSPS) is 15.6. The highest BCUT2D eigenvalue weighted by atomic mass is 32.2. The van der Waals surface area contributed by atoms with E-state index in [1.54, 1.807) is 12.1 Å². The van der Waals surface area contributed by atoms with Crippen LogP contribution in [0.25, 0.3) is 0 Å².